The minimum Gasteiger partial charge on any atom is -0.494 e. The number of carbonyl (C=O) groups is 1. The van der Waals surface area contributed by atoms with Crippen molar-refractivity contribution in [1.29, 1.82) is 0 Å². The van der Waals surface area contributed by atoms with E-state index in [1.165, 1.54) is 16.9 Å². The second kappa shape index (κ2) is 8.96. The predicted molar refractivity (Wildman–Crippen MR) is 133 cm³/mol. The summed E-state index contributed by atoms with van der Waals surface area (Å²) in [6.07, 6.45) is 0.554. The van der Waals surface area contributed by atoms with E-state index in [-0.39, 0.29) is 11.9 Å². The second-order valence-corrected chi connectivity index (χ2v) is 9.22. The van der Waals surface area contributed by atoms with Crippen LogP contribution in [0.2, 0.25) is 5.15 Å². The third kappa shape index (κ3) is 4.24. The Hall–Kier alpha value is -3.22. The number of carbonyl (C=O) groups excluding carboxylic acids is 1. The van der Waals surface area contributed by atoms with E-state index in [4.69, 9.17) is 21.4 Å². The lowest BCUT2D eigenvalue weighted by Crippen LogP contribution is -2.26. The maximum Gasteiger partial charge on any atom is 0.284 e. The van der Waals surface area contributed by atoms with Crippen molar-refractivity contribution in [2.45, 2.75) is 26.3 Å². The Morgan fingerprint density at radius 1 is 1.18 bits per heavy atom. The first kappa shape index (κ1) is 21.6. The minimum absolute atomic E-state index is 0.142. The molecule has 2 aromatic heterocycles. The van der Waals surface area contributed by atoms with Gasteiger partial charge in [-0.15, -0.1) is 11.3 Å². The first-order chi connectivity index (χ1) is 16.0. The average Bonchev–Trinajstić information content (AvgIpc) is 3.50. The molecule has 1 aliphatic rings. The van der Waals surface area contributed by atoms with E-state index in [0.29, 0.717) is 23.1 Å². The van der Waals surface area contributed by atoms with Crippen LogP contribution in [0.3, 0.4) is 0 Å². The highest BCUT2D eigenvalue weighted by molar-refractivity contribution is 7.12. The Labute approximate surface area is 201 Å². The van der Waals surface area contributed by atoms with Crippen molar-refractivity contribution in [3.63, 3.8) is 0 Å². The molecule has 2 aromatic carbocycles. The lowest BCUT2D eigenvalue weighted by molar-refractivity contribution is 0.0716. The topological polar surface area (TPSA) is 54.8 Å². The van der Waals surface area contributed by atoms with Gasteiger partial charge in [0, 0.05) is 17.4 Å². The van der Waals surface area contributed by atoms with Gasteiger partial charge in [-0.05, 0) is 55.1 Å². The molecular formula is C26H22ClN3O2S. The van der Waals surface area contributed by atoms with Crippen LogP contribution < -0.4 is 4.74 Å². The van der Waals surface area contributed by atoms with E-state index < -0.39 is 0 Å². The van der Waals surface area contributed by atoms with Crippen LogP contribution in [-0.4, -0.2) is 28.2 Å². The summed E-state index contributed by atoms with van der Waals surface area (Å²) in [6, 6.07) is 19.3. The third-order valence-corrected chi connectivity index (χ3v) is 6.83. The molecule has 4 aromatic rings. The zero-order chi connectivity index (χ0) is 22.9. The van der Waals surface area contributed by atoms with Gasteiger partial charge in [-0.25, -0.2) is 9.99 Å². The van der Waals surface area contributed by atoms with Crippen molar-refractivity contribution in [3.05, 3.63) is 92.8 Å². The van der Waals surface area contributed by atoms with Crippen LogP contribution in [-0.2, 0) is 0 Å². The summed E-state index contributed by atoms with van der Waals surface area (Å²) in [5, 5.41) is 9.50. The van der Waals surface area contributed by atoms with Gasteiger partial charge in [0.2, 0.25) is 0 Å². The van der Waals surface area contributed by atoms with Crippen LogP contribution in [0, 0.1) is 6.92 Å². The number of amides is 1. The second-order valence-electron chi connectivity index (χ2n) is 7.92. The Morgan fingerprint density at radius 3 is 2.73 bits per heavy atom. The molecule has 0 saturated carbocycles. The molecule has 0 aliphatic carbocycles. The van der Waals surface area contributed by atoms with Crippen LogP contribution >= 0.6 is 22.9 Å². The van der Waals surface area contributed by atoms with Gasteiger partial charge in [0.25, 0.3) is 5.91 Å². The first-order valence-electron chi connectivity index (χ1n) is 10.8. The van der Waals surface area contributed by atoms with Gasteiger partial charge < -0.3 is 4.74 Å². The van der Waals surface area contributed by atoms with Crippen molar-refractivity contribution in [3.8, 4) is 5.75 Å². The zero-order valence-corrected chi connectivity index (χ0v) is 19.9. The molecule has 0 bridgehead atoms. The normalized spacial score (nSPS) is 15.7. The SMILES string of the molecule is CCOc1ccc2nc(Cl)c([C@@H]3CC(c4ccc(C)cc4)=NN3C(=O)c3cccs3)cc2c1. The molecular weight excluding hydrogens is 454 g/mol. The van der Waals surface area contributed by atoms with Crippen LogP contribution in [0.4, 0.5) is 0 Å². The fraction of sp³-hybridized carbons (Fsp3) is 0.192. The number of benzene rings is 2. The summed E-state index contributed by atoms with van der Waals surface area (Å²) in [5.74, 6) is 0.631. The van der Waals surface area contributed by atoms with Gasteiger partial charge in [0.1, 0.15) is 10.9 Å². The number of hydrazone groups is 1. The Bertz CT molecular complexity index is 1350. The average molecular weight is 476 g/mol. The maximum atomic E-state index is 13.4. The van der Waals surface area contributed by atoms with Crippen molar-refractivity contribution >= 4 is 45.5 Å². The number of nitrogens with zero attached hydrogens (tertiary/aromatic N) is 3. The number of aromatic nitrogens is 1. The Kier molecular flexibility index (Phi) is 5.87. The molecule has 0 radical (unpaired) electrons. The van der Waals surface area contributed by atoms with Gasteiger partial charge in [-0.2, -0.15) is 5.10 Å². The third-order valence-electron chi connectivity index (χ3n) is 5.67. The summed E-state index contributed by atoms with van der Waals surface area (Å²) < 4.78 is 5.66. The van der Waals surface area contributed by atoms with Crippen LogP contribution in [0.5, 0.6) is 5.75 Å². The van der Waals surface area contributed by atoms with E-state index in [0.717, 1.165) is 33.5 Å². The highest BCUT2D eigenvalue weighted by atomic mass is 35.5. The van der Waals surface area contributed by atoms with Crippen LogP contribution in [0.25, 0.3) is 10.9 Å². The smallest absolute Gasteiger partial charge is 0.284 e. The zero-order valence-electron chi connectivity index (χ0n) is 18.3. The summed E-state index contributed by atoms with van der Waals surface area (Å²) in [7, 11) is 0. The summed E-state index contributed by atoms with van der Waals surface area (Å²) in [5.41, 5.74) is 4.57. The first-order valence-corrected chi connectivity index (χ1v) is 12.0. The lowest BCUT2D eigenvalue weighted by Gasteiger charge is -2.22. The standard InChI is InChI=1S/C26H22ClN3O2S/c1-3-32-19-10-11-21-18(13-19)14-20(25(27)28-21)23-15-22(17-8-6-16(2)7-9-17)29-30(23)26(31)24-5-4-12-33-24/h4-14,23H,3,15H2,1-2H3/t23-/m0/s1. The van der Waals surface area contributed by atoms with Crippen molar-refractivity contribution in [2.24, 2.45) is 5.10 Å². The fourth-order valence-corrected chi connectivity index (χ4v) is 4.94. The van der Waals surface area contributed by atoms with E-state index in [1.54, 1.807) is 5.01 Å². The Morgan fingerprint density at radius 2 is 2.00 bits per heavy atom. The van der Waals surface area contributed by atoms with Gasteiger partial charge in [-0.1, -0.05) is 47.5 Å². The molecule has 1 atom stereocenters. The van der Waals surface area contributed by atoms with Gasteiger partial charge >= 0.3 is 0 Å². The molecule has 7 heteroatoms. The molecule has 0 fully saturated rings. The number of halogens is 1. The molecule has 33 heavy (non-hydrogen) atoms. The molecule has 5 rings (SSSR count). The number of aryl methyl sites for hydroxylation is 1. The largest absolute Gasteiger partial charge is 0.494 e. The molecule has 0 saturated heterocycles. The molecule has 1 aliphatic heterocycles. The number of pyridine rings is 1. The quantitative estimate of drug-likeness (QED) is 0.304. The molecule has 0 N–H and O–H groups in total. The van der Waals surface area contributed by atoms with Crippen molar-refractivity contribution < 1.29 is 9.53 Å². The van der Waals surface area contributed by atoms with Crippen LogP contribution in [0.1, 0.15) is 45.7 Å². The maximum absolute atomic E-state index is 13.4. The van der Waals surface area contributed by atoms with Gasteiger partial charge in [-0.3, -0.25) is 4.79 Å². The van der Waals surface area contributed by atoms with Crippen molar-refractivity contribution in [2.75, 3.05) is 6.61 Å². The summed E-state index contributed by atoms with van der Waals surface area (Å²) >= 11 is 8.07. The van der Waals surface area contributed by atoms with E-state index in [9.17, 15) is 4.79 Å². The lowest BCUT2D eigenvalue weighted by atomic mass is 9.98. The number of ether oxygens (including phenoxy) is 1. The van der Waals surface area contributed by atoms with E-state index in [1.807, 2.05) is 67.8 Å². The van der Waals surface area contributed by atoms with Gasteiger partial charge in [0.05, 0.1) is 28.8 Å². The number of fused-ring (bicyclic) bond motifs is 1. The number of hydrogen-bond acceptors (Lipinski definition) is 5. The van der Waals surface area contributed by atoms with Crippen molar-refractivity contribution in [1.82, 2.24) is 9.99 Å². The minimum atomic E-state index is -0.351. The molecule has 5 nitrogen and oxygen atoms in total. The van der Waals surface area contributed by atoms with Crippen LogP contribution in [0.15, 0.2) is 71.1 Å². The molecule has 166 valence electrons. The highest BCUT2D eigenvalue weighted by Crippen LogP contribution is 2.38. The highest BCUT2D eigenvalue weighted by Gasteiger charge is 2.35. The monoisotopic (exact) mass is 475 g/mol. The molecule has 3 heterocycles. The fourth-order valence-electron chi connectivity index (χ4n) is 4.01. The molecule has 0 spiro atoms. The van der Waals surface area contributed by atoms with Gasteiger partial charge in [0.15, 0.2) is 0 Å². The number of hydrogen-bond donors (Lipinski definition) is 0. The number of rotatable bonds is 5. The Balaban J connectivity index is 1.58. The summed E-state index contributed by atoms with van der Waals surface area (Å²) in [4.78, 5) is 18.6. The predicted octanol–water partition coefficient (Wildman–Crippen LogP) is 6.65. The van der Waals surface area contributed by atoms with E-state index >= 15 is 0 Å². The number of thiophene rings is 1. The summed E-state index contributed by atoms with van der Waals surface area (Å²) in [6.45, 7) is 4.58. The molecule has 0 unspecified atom stereocenters. The molecule has 1 amide bonds. The van der Waals surface area contributed by atoms with E-state index in [2.05, 4.69) is 17.1 Å².